The molecule has 12 heavy (non-hydrogen) atoms. The van der Waals surface area contributed by atoms with Crippen LogP contribution in [0.1, 0.15) is 26.2 Å². The Bertz CT molecular complexity index is 163. The molecule has 0 aliphatic heterocycles. The summed E-state index contributed by atoms with van der Waals surface area (Å²) in [6, 6.07) is 0. The molecule has 0 aromatic carbocycles. The van der Waals surface area contributed by atoms with Crippen molar-refractivity contribution in [2.45, 2.75) is 32.3 Å². The van der Waals surface area contributed by atoms with Crippen LogP contribution in [-0.2, 0) is 9.53 Å². The molecule has 1 rings (SSSR count). The minimum Gasteiger partial charge on any atom is -0.469 e. The molecule has 1 N–H and O–H groups in total. The van der Waals surface area contributed by atoms with E-state index >= 15 is 0 Å². The third-order valence-electron chi connectivity index (χ3n) is 2.46. The number of ether oxygens (including phenoxy) is 1. The van der Waals surface area contributed by atoms with Crippen LogP contribution in [0.2, 0.25) is 0 Å². The van der Waals surface area contributed by atoms with Crippen LogP contribution in [0.3, 0.4) is 0 Å². The Hall–Kier alpha value is -0.570. The molecule has 1 aliphatic carbocycles. The summed E-state index contributed by atoms with van der Waals surface area (Å²) in [6.07, 6.45) is 2.27. The molecule has 1 fully saturated rings. The normalized spacial score (nSPS) is 21.6. The molecule has 0 saturated heterocycles. The fourth-order valence-corrected chi connectivity index (χ4v) is 1.47. The van der Waals surface area contributed by atoms with Gasteiger partial charge >= 0.3 is 5.97 Å². The van der Waals surface area contributed by atoms with Crippen molar-refractivity contribution in [3.63, 3.8) is 0 Å². The number of hydrogen-bond acceptors (Lipinski definition) is 3. The van der Waals surface area contributed by atoms with E-state index in [-0.39, 0.29) is 11.9 Å². The molecule has 2 atom stereocenters. The van der Waals surface area contributed by atoms with Crippen LogP contribution in [-0.4, -0.2) is 24.3 Å². The first kappa shape index (κ1) is 9.52. The van der Waals surface area contributed by atoms with Gasteiger partial charge in [0.15, 0.2) is 0 Å². The van der Waals surface area contributed by atoms with E-state index in [2.05, 4.69) is 4.74 Å². The number of esters is 1. The molecule has 0 spiro atoms. The average molecular weight is 172 g/mol. The second kappa shape index (κ2) is 3.90. The predicted molar refractivity (Wildman–Crippen MR) is 44.5 cm³/mol. The van der Waals surface area contributed by atoms with Crippen molar-refractivity contribution in [2.24, 2.45) is 11.8 Å². The Morgan fingerprint density at radius 1 is 1.67 bits per heavy atom. The highest BCUT2D eigenvalue weighted by atomic mass is 16.5. The fraction of sp³-hybridized carbons (Fsp3) is 0.889. The molecule has 2 unspecified atom stereocenters. The topological polar surface area (TPSA) is 46.5 Å². The summed E-state index contributed by atoms with van der Waals surface area (Å²) >= 11 is 0. The molecule has 0 heterocycles. The Balaban J connectivity index is 2.47. The van der Waals surface area contributed by atoms with Crippen LogP contribution < -0.4 is 0 Å². The summed E-state index contributed by atoms with van der Waals surface area (Å²) in [4.78, 5) is 11.1. The lowest BCUT2D eigenvalue weighted by atomic mass is 9.96. The van der Waals surface area contributed by atoms with Gasteiger partial charge in [0.05, 0.1) is 19.1 Å². The molecular formula is C9H16O3. The summed E-state index contributed by atoms with van der Waals surface area (Å²) in [6.45, 7) is 1.90. The second-order valence-corrected chi connectivity index (χ2v) is 3.37. The fourth-order valence-electron chi connectivity index (χ4n) is 1.47. The zero-order valence-electron chi connectivity index (χ0n) is 7.62. The van der Waals surface area contributed by atoms with Gasteiger partial charge < -0.3 is 9.84 Å². The Labute approximate surface area is 72.7 Å². The van der Waals surface area contributed by atoms with Crippen molar-refractivity contribution in [1.82, 2.24) is 0 Å². The van der Waals surface area contributed by atoms with Gasteiger partial charge in [-0.15, -0.1) is 0 Å². The van der Waals surface area contributed by atoms with E-state index in [4.69, 9.17) is 0 Å². The predicted octanol–water partition coefficient (Wildman–Crippen LogP) is 0.957. The van der Waals surface area contributed by atoms with Gasteiger partial charge in [0, 0.05) is 0 Å². The summed E-state index contributed by atoms with van der Waals surface area (Å²) in [7, 11) is 1.37. The molecule has 3 nitrogen and oxygen atoms in total. The maximum absolute atomic E-state index is 11.1. The Morgan fingerprint density at radius 3 is 2.58 bits per heavy atom. The summed E-state index contributed by atoms with van der Waals surface area (Å²) in [5, 5.41) is 9.65. The van der Waals surface area contributed by atoms with E-state index in [0.29, 0.717) is 12.3 Å². The van der Waals surface area contributed by atoms with Crippen LogP contribution in [0.4, 0.5) is 0 Å². The van der Waals surface area contributed by atoms with E-state index in [1.165, 1.54) is 7.11 Å². The van der Waals surface area contributed by atoms with Gasteiger partial charge in [-0.1, -0.05) is 6.92 Å². The maximum atomic E-state index is 11.1. The Kier molecular flexibility index (Phi) is 3.09. The summed E-state index contributed by atoms with van der Waals surface area (Å²) in [5.74, 6) is -0.256. The number of hydrogen-bond donors (Lipinski definition) is 1. The van der Waals surface area contributed by atoms with Gasteiger partial charge in [-0.25, -0.2) is 0 Å². The number of rotatable bonds is 4. The second-order valence-electron chi connectivity index (χ2n) is 3.37. The molecular weight excluding hydrogens is 156 g/mol. The smallest absolute Gasteiger partial charge is 0.311 e. The number of carbonyl (C=O) groups is 1. The number of aliphatic hydroxyl groups excluding tert-OH is 1. The zero-order chi connectivity index (χ0) is 9.14. The molecule has 1 aliphatic rings. The molecule has 3 heteroatoms. The van der Waals surface area contributed by atoms with Crippen LogP contribution in [0.15, 0.2) is 0 Å². The lowest BCUT2D eigenvalue weighted by Gasteiger charge is -2.18. The molecule has 0 aromatic rings. The highest BCUT2D eigenvalue weighted by Crippen LogP contribution is 2.36. The van der Waals surface area contributed by atoms with Crippen molar-refractivity contribution in [2.75, 3.05) is 7.11 Å². The molecule has 1 saturated carbocycles. The van der Waals surface area contributed by atoms with Gasteiger partial charge in [0.2, 0.25) is 0 Å². The third-order valence-corrected chi connectivity index (χ3v) is 2.46. The monoisotopic (exact) mass is 172 g/mol. The quantitative estimate of drug-likeness (QED) is 0.642. The van der Waals surface area contributed by atoms with E-state index in [0.717, 1.165) is 12.8 Å². The lowest BCUT2D eigenvalue weighted by molar-refractivity contribution is -0.150. The molecule has 0 amide bonds. The molecule has 0 aromatic heterocycles. The number of methoxy groups -OCH3 is 1. The van der Waals surface area contributed by atoms with Crippen molar-refractivity contribution < 1.29 is 14.6 Å². The zero-order valence-corrected chi connectivity index (χ0v) is 7.62. The van der Waals surface area contributed by atoms with Gasteiger partial charge in [-0.3, -0.25) is 4.79 Å². The van der Waals surface area contributed by atoms with Crippen LogP contribution in [0.5, 0.6) is 0 Å². The molecule has 0 radical (unpaired) electrons. The lowest BCUT2D eigenvalue weighted by Crippen LogP contribution is -2.30. The Morgan fingerprint density at radius 2 is 2.25 bits per heavy atom. The standard InChI is InChI=1S/C9H16O3/c1-3-7(9(11)12-2)8(10)6-4-5-6/h6-8,10H,3-5H2,1-2H3. The molecule has 0 bridgehead atoms. The first-order valence-corrected chi connectivity index (χ1v) is 4.46. The van der Waals surface area contributed by atoms with Crippen molar-refractivity contribution >= 4 is 5.97 Å². The number of carbonyl (C=O) groups excluding carboxylic acids is 1. The van der Waals surface area contributed by atoms with E-state index in [1.807, 2.05) is 6.92 Å². The minimum atomic E-state index is -0.484. The SMILES string of the molecule is CCC(C(=O)OC)C(O)C1CC1. The third kappa shape index (κ3) is 1.97. The average Bonchev–Trinajstić information content (AvgIpc) is 2.87. The van der Waals surface area contributed by atoms with Gasteiger partial charge in [0.1, 0.15) is 0 Å². The van der Waals surface area contributed by atoms with E-state index < -0.39 is 6.10 Å². The first-order valence-electron chi connectivity index (χ1n) is 4.46. The number of aliphatic hydroxyl groups is 1. The van der Waals surface area contributed by atoms with Crippen LogP contribution in [0.25, 0.3) is 0 Å². The van der Waals surface area contributed by atoms with E-state index in [9.17, 15) is 9.90 Å². The largest absolute Gasteiger partial charge is 0.469 e. The van der Waals surface area contributed by atoms with Crippen LogP contribution >= 0.6 is 0 Å². The highest BCUT2D eigenvalue weighted by Gasteiger charge is 2.38. The van der Waals surface area contributed by atoms with E-state index in [1.54, 1.807) is 0 Å². The van der Waals surface area contributed by atoms with Crippen LogP contribution in [0, 0.1) is 11.8 Å². The summed E-state index contributed by atoms with van der Waals surface area (Å²) < 4.78 is 4.60. The minimum absolute atomic E-state index is 0.281. The molecule has 70 valence electrons. The van der Waals surface area contributed by atoms with Crippen molar-refractivity contribution in [3.05, 3.63) is 0 Å². The maximum Gasteiger partial charge on any atom is 0.311 e. The highest BCUT2D eigenvalue weighted by molar-refractivity contribution is 5.72. The van der Waals surface area contributed by atoms with Gasteiger partial charge in [-0.2, -0.15) is 0 Å². The van der Waals surface area contributed by atoms with Crippen molar-refractivity contribution in [1.29, 1.82) is 0 Å². The first-order chi connectivity index (χ1) is 5.70. The van der Waals surface area contributed by atoms with Gasteiger partial charge in [0.25, 0.3) is 0 Å². The van der Waals surface area contributed by atoms with Crippen molar-refractivity contribution in [3.8, 4) is 0 Å². The van der Waals surface area contributed by atoms with Gasteiger partial charge in [-0.05, 0) is 25.2 Å². The summed E-state index contributed by atoms with van der Waals surface area (Å²) in [5.41, 5.74) is 0.